The van der Waals surface area contributed by atoms with Crippen molar-refractivity contribution >= 4 is 5.97 Å². The second-order valence-electron chi connectivity index (χ2n) is 3.19. The van der Waals surface area contributed by atoms with Gasteiger partial charge in [-0.05, 0) is 6.07 Å². The Kier molecular flexibility index (Phi) is 2.37. The maximum absolute atomic E-state index is 10.7. The van der Waals surface area contributed by atoms with Crippen molar-refractivity contribution in [1.29, 1.82) is 0 Å². The number of carbonyl (C=O) groups is 1. The van der Waals surface area contributed by atoms with E-state index in [2.05, 4.69) is 5.32 Å². The molecule has 1 aliphatic heterocycles. The lowest BCUT2D eigenvalue weighted by molar-refractivity contribution is -0.140. The molecule has 0 aliphatic carbocycles. The highest BCUT2D eigenvalue weighted by Gasteiger charge is 2.21. The van der Waals surface area contributed by atoms with Crippen molar-refractivity contribution in [3.63, 3.8) is 0 Å². The summed E-state index contributed by atoms with van der Waals surface area (Å²) < 4.78 is 5.38. The van der Waals surface area contributed by atoms with E-state index in [-0.39, 0.29) is 6.61 Å². The van der Waals surface area contributed by atoms with Crippen LogP contribution in [0.25, 0.3) is 0 Å². The first-order valence-electron chi connectivity index (χ1n) is 4.44. The highest BCUT2D eigenvalue weighted by Crippen LogP contribution is 2.20. The van der Waals surface area contributed by atoms with E-state index in [1.165, 1.54) is 0 Å². The highest BCUT2D eigenvalue weighted by atomic mass is 16.5. The zero-order valence-corrected chi connectivity index (χ0v) is 7.56. The fourth-order valence-corrected chi connectivity index (χ4v) is 1.41. The Morgan fingerprint density at radius 3 is 3.07 bits per heavy atom. The van der Waals surface area contributed by atoms with Crippen LogP contribution >= 0.6 is 0 Å². The van der Waals surface area contributed by atoms with Crippen molar-refractivity contribution in [3.8, 4) is 5.75 Å². The fraction of sp³-hybridized carbons (Fsp3) is 0.300. The van der Waals surface area contributed by atoms with Gasteiger partial charge in [0.05, 0.1) is 0 Å². The lowest BCUT2D eigenvalue weighted by Crippen LogP contribution is -2.39. The molecular weight excluding hydrogens is 182 g/mol. The number of ether oxygens (including phenoxy) is 1. The van der Waals surface area contributed by atoms with Crippen molar-refractivity contribution in [2.24, 2.45) is 0 Å². The average molecular weight is 193 g/mol. The van der Waals surface area contributed by atoms with E-state index in [1.54, 1.807) is 0 Å². The number of carboxylic acid groups (broad SMARTS) is 1. The SMILES string of the molecule is O=C(O)C1COc2ccccc2CN1. The number of hydrogen-bond acceptors (Lipinski definition) is 3. The van der Waals surface area contributed by atoms with Gasteiger partial charge in [-0.3, -0.25) is 10.1 Å². The Bertz CT molecular complexity index is 324. The van der Waals surface area contributed by atoms with Gasteiger partial charge in [0.2, 0.25) is 0 Å². The largest absolute Gasteiger partial charge is 0.491 e. The van der Waals surface area contributed by atoms with Gasteiger partial charge in [0.15, 0.2) is 0 Å². The number of fused-ring (bicyclic) bond motifs is 1. The molecule has 4 heteroatoms. The van der Waals surface area contributed by atoms with Crippen LogP contribution in [-0.2, 0) is 11.3 Å². The summed E-state index contributed by atoms with van der Waals surface area (Å²) in [6, 6.07) is 6.93. The molecule has 74 valence electrons. The van der Waals surface area contributed by atoms with Crippen LogP contribution in [0.3, 0.4) is 0 Å². The van der Waals surface area contributed by atoms with Crippen molar-refractivity contribution in [1.82, 2.24) is 5.32 Å². The molecule has 0 aromatic heterocycles. The van der Waals surface area contributed by atoms with E-state index in [1.807, 2.05) is 24.3 Å². The van der Waals surface area contributed by atoms with Gasteiger partial charge in [-0.15, -0.1) is 0 Å². The number of hydrogen-bond donors (Lipinski definition) is 2. The van der Waals surface area contributed by atoms with E-state index >= 15 is 0 Å². The maximum atomic E-state index is 10.7. The monoisotopic (exact) mass is 193 g/mol. The summed E-state index contributed by atoms with van der Waals surface area (Å²) in [5.41, 5.74) is 0.997. The third-order valence-electron chi connectivity index (χ3n) is 2.22. The van der Waals surface area contributed by atoms with E-state index in [9.17, 15) is 4.79 Å². The molecule has 1 aliphatic rings. The predicted molar refractivity (Wildman–Crippen MR) is 50.2 cm³/mol. The van der Waals surface area contributed by atoms with Crippen molar-refractivity contribution in [2.45, 2.75) is 12.6 Å². The second-order valence-corrected chi connectivity index (χ2v) is 3.19. The van der Waals surface area contributed by atoms with E-state index < -0.39 is 12.0 Å². The van der Waals surface area contributed by atoms with Gasteiger partial charge in [0, 0.05) is 12.1 Å². The Hall–Kier alpha value is -1.55. The van der Waals surface area contributed by atoms with Gasteiger partial charge in [0.25, 0.3) is 0 Å². The minimum absolute atomic E-state index is 0.173. The number of rotatable bonds is 1. The van der Waals surface area contributed by atoms with Crippen LogP contribution in [0.4, 0.5) is 0 Å². The lowest BCUT2D eigenvalue weighted by Gasteiger charge is -2.09. The molecule has 1 unspecified atom stereocenters. The number of carboxylic acids is 1. The Balaban J connectivity index is 2.18. The minimum Gasteiger partial charge on any atom is -0.491 e. The molecule has 0 saturated carbocycles. The number of nitrogens with one attached hydrogen (secondary N) is 1. The van der Waals surface area contributed by atoms with Crippen molar-refractivity contribution < 1.29 is 14.6 Å². The molecule has 1 aromatic rings. The van der Waals surface area contributed by atoms with Gasteiger partial charge in [-0.25, -0.2) is 0 Å². The van der Waals surface area contributed by atoms with Crippen LogP contribution < -0.4 is 10.1 Å². The molecule has 2 N–H and O–H groups in total. The molecule has 4 nitrogen and oxygen atoms in total. The number of benzene rings is 1. The molecule has 0 spiro atoms. The zero-order valence-electron chi connectivity index (χ0n) is 7.56. The first kappa shape index (κ1) is 9.02. The smallest absolute Gasteiger partial charge is 0.324 e. The van der Waals surface area contributed by atoms with Crippen LogP contribution in [0, 0.1) is 0 Å². The van der Waals surface area contributed by atoms with Gasteiger partial charge in [-0.2, -0.15) is 0 Å². The summed E-state index contributed by atoms with van der Waals surface area (Å²) in [6.07, 6.45) is 0. The zero-order chi connectivity index (χ0) is 9.97. The normalized spacial score (nSPS) is 20.4. The maximum Gasteiger partial charge on any atom is 0.324 e. The highest BCUT2D eigenvalue weighted by molar-refractivity contribution is 5.73. The molecule has 0 saturated heterocycles. The third-order valence-corrected chi connectivity index (χ3v) is 2.22. The van der Waals surface area contributed by atoms with Crippen molar-refractivity contribution in [3.05, 3.63) is 29.8 Å². The topological polar surface area (TPSA) is 58.6 Å². The van der Waals surface area contributed by atoms with E-state index in [4.69, 9.17) is 9.84 Å². The summed E-state index contributed by atoms with van der Waals surface area (Å²) in [7, 11) is 0. The lowest BCUT2D eigenvalue weighted by atomic mass is 10.2. The van der Waals surface area contributed by atoms with E-state index in [0.29, 0.717) is 6.54 Å². The van der Waals surface area contributed by atoms with Crippen LogP contribution in [0.15, 0.2) is 24.3 Å². The van der Waals surface area contributed by atoms with Gasteiger partial charge >= 0.3 is 5.97 Å². The molecule has 2 rings (SSSR count). The summed E-state index contributed by atoms with van der Waals surface area (Å²) in [6.45, 7) is 0.708. The molecule has 1 atom stereocenters. The molecule has 14 heavy (non-hydrogen) atoms. The summed E-state index contributed by atoms with van der Waals surface area (Å²) in [5.74, 6) is -0.110. The Morgan fingerprint density at radius 1 is 1.50 bits per heavy atom. The average Bonchev–Trinajstić information content (AvgIpc) is 2.39. The molecular formula is C10H11NO3. The van der Waals surface area contributed by atoms with E-state index in [0.717, 1.165) is 11.3 Å². The first-order chi connectivity index (χ1) is 6.77. The van der Waals surface area contributed by atoms with Crippen LogP contribution in [-0.4, -0.2) is 23.7 Å². The van der Waals surface area contributed by atoms with Crippen LogP contribution in [0.2, 0.25) is 0 Å². The van der Waals surface area contributed by atoms with Crippen LogP contribution in [0.5, 0.6) is 5.75 Å². The third kappa shape index (κ3) is 1.70. The molecule has 0 radical (unpaired) electrons. The first-order valence-corrected chi connectivity index (χ1v) is 4.44. The molecule has 1 aromatic carbocycles. The number of aliphatic carboxylic acids is 1. The number of para-hydroxylation sites is 1. The standard InChI is InChI=1S/C10H11NO3/c12-10(13)8-6-14-9-4-2-1-3-7(9)5-11-8/h1-4,8,11H,5-6H2,(H,12,13). The molecule has 0 fully saturated rings. The molecule has 1 heterocycles. The van der Waals surface area contributed by atoms with Gasteiger partial charge in [0.1, 0.15) is 18.4 Å². The van der Waals surface area contributed by atoms with Gasteiger partial charge < -0.3 is 9.84 Å². The predicted octanol–water partition coefficient (Wildman–Crippen LogP) is 0.622. The van der Waals surface area contributed by atoms with Crippen molar-refractivity contribution in [2.75, 3.05) is 6.61 Å². The quantitative estimate of drug-likeness (QED) is 0.686. The summed E-state index contributed by atoms with van der Waals surface area (Å²) in [4.78, 5) is 10.7. The van der Waals surface area contributed by atoms with Gasteiger partial charge in [-0.1, -0.05) is 18.2 Å². The fourth-order valence-electron chi connectivity index (χ4n) is 1.41. The molecule has 0 bridgehead atoms. The van der Waals surface area contributed by atoms with Crippen LogP contribution in [0.1, 0.15) is 5.56 Å². The summed E-state index contributed by atoms with van der Waals surface area (Å²) >= 11 is 0. The second kappa shape index (κ2) is 3.67. The minimum atomic E-state index is -0.877. The molecule has 0 amide bonds. The Morgan fingerprint density at radius 2 is 2.29 bits per heavy atom. The Labute approximate surface area is 81.5 Å². The summed E-state index contributed by atoms with van der Waals surface area (Å²) in [5, 5.41) is 11.7.